The van der Waals surface area contributed by atoms with Gasteiger partial charge in [0.2, 0.25) is 0 Å². The summed E-state index contributed by atoms with van der Waals surface area (Å²) in [6.07, 6.45) is 3.20. The Hall–Kier alpha value is -0.650. The number of esters is 1. The van der Waals surface area contributed by atoms with Gasteiger partial charge in [0.1, 0.15) is 0 Å². The van der Waals surface area contributed by atoms with Crippen molar-refractivity contribution in [1.29, 1.82) is 0 Å². The van der Waals surface area contributed by atoms with Crippen molar-refractivity contribution >= 4 is 5.97 Å². The topological polar surface area (TPSA) is 64.8 Å². The Morgan fingerprint density at radius 3 is 2.95 bits per heavy atom. The molecule has 0 aromatic carbocycles. The van der Waals surface area contributed by atoms with E-state index in [9.17, 15) is 4.79 Å². The number of ether oxygens (including phenoxy) is 2. The molecule has 1 saturated heterocycles. The molecule has 0 spiro atoms. The normalized spacial score (nSPS) is 37.0. The predicted molar refractivity (Wildman–Crippen MR) is 72.7 cm³/mol. The molecule has 5 nitrogen and oxygen atoms in total. The molecular weight excluding hydrogens is 244 g/mol. The summed E-state index contributed by atoms with van der Waals surface area (Å²) in [7, 11) is 1.41. The fraction of sp³-hybridized carbons (Fsp3) is 0.929. The van der Waals surface area contributed by atoms with E-state index in [1.165, 1.54) is 26.4 Å². The minimum absolute atomic E-state index is 0.266. The number of rotatable bonds is 3. The van der Waals surface area contributed by atoms with Gasteiger partial charge in [0.05, 0.1) is 13.7 Å². The van der Waals surface area contributed by atoms with Gasteiger partial charge in [0, 0.05) is 19.1 Å². The molecular formula is C14H26N2O3. The molecule has 5 heteroatoms. The largest absolute Gasteiger partial charge is 0.467 e. The molecule has 0 radical (unpaired) electrons. The molecule has 2 aliphatic rings. The van der Waals surface area contributed by atoms with Gasteiger partial charge in [-0.25, -0.2) is 4.79 Å². The van der Waals surface area contributed by atoms with Crippen LogP contribution < -0.4 is 5.73 Å². The Bertz CT molecular complexity index is 311. The minimum Gasteiger partial charge on any atom is -0.467 e. The summed E-state index contributed by atoms with van der Waals surface area (Å²) in [6.45, 7) is 5.17. The maximum Gasteiger partial charge on any atom is 0.336 e. The van der Waals surface area contributed by atoms with Crippen molar-refractivity contribution in [1.82, 2.24) is 4.90 Å². The molecule has 110 valence electrons. The molecule has 2 N–H and O–H groups in total. The number of nitrogens with two attached hydrogens (primary N) is 1. The molecule has 1 saturated carbocycles. The van der Waals surface area contributed by atoms with Crippen LogP contribution in [0.15, 0.2) is 0 Å². The monoisotopic (exact) mass is 270 g/mol. The Morgan fingerprint density at radius 2 is 2.26 bits per heavy atom. The summed E-state index contributed by atoms with van der Waals surface area (Å²) in [5, 5.41) is 0. The Kier molecular flexibility index (Phi) is 5.19. The average molecular weight is 270 g/mol. The van der Waals surface area contributed by atoms with Gasteiger partial charge in [0.15, 0.2) is 6.10 Å². The first-order valence-corrected chi connectivity index (χ1v) is 7.29. The van der Waals surface area contributed by atoms with Crippen LogP contribution in [-0.2, 0) is 14.3 Å². The first kappa shape index (κ1) is 14.8. The van der Waals surface area contributed by atoms with Gasteiger partial charge in [-0.05, 0) is 31.2 Å². The van der Waals surface area contributed by atoms with Gasteiger partial charge in [-0.15, -0.1) is 0 Å². The summed E-state index contributed by atoms with van der Waals surface area (Å²) >= 11 is 0. The molecule has 0 bridgehead atoms. The van der Waals surface area contributed by atoms with E-state index in [0.29, 0.717) is 25.1 Å². The number of morpholine rings is 1. The second-order valence-corrected chi connectivity index (χ2v) is 5.86. The average Bonchev–Trinajstić information content (AvgIpc) is 2.46. The van der Waals surface area contributed by atoms with Crippen LogP contribution in [0.2, 0.25) is 0 Å². The Labute approximate surface area is 115 Å². The molecule has 4 unspecified atom stereocenters. The quantitative estimate of drug-likeness (QED) is 0.762. The second kappa shape index (κ2) is 6.68. The lowest BCUT2D eigenvalue weighted by Gasteiger charge is -2.44. The number of methoxy groups -OCH3 is 1. The zero-order valence-electron chi connectivity index (χ0n) is 12.0. The Balaban J connectivity index is 2.00. The second-order valence-electron chi connectivity index (χ2n) is 5.86. The number of nitrogens with zero attached hydrogens (tertiary/aromatic N) is 1. The molecule has 2 fully saturated rings. The lowest BCUT2D eigenvalue weighted by molar-refractivity contribution is -0.162. The van der Waals surface area contributed by atoms with Crippen molar-refractivity contribution < 1.29 is 14.3 Å². The first-order valence-electron chi connectivity index (χ1n) is 7.29. The van der Waals surface area contributed by atoms with Crippen molar-refractivity contribution in [2.24, 2.45) is 17.6 Å². The van der Waals surface area contributed by atoms with Crippen LogP contribution in [0.5, 0.6) is 0 Å². The maximum absolute atomic E-state index is 11.6. The van der Waals surface area contributed by atoms with Gasteiger partial charge in [-0.1, -0.05) is 13.3 Å². The van der Waals surface area contributed by atoms with E-state index in [-0.39, 0.29) is 5.97 Å². The summed E-state index contributed by atoms with van der Waals surface area (Å²) in [5.74, 6) is 1.03. The molecule has 1 aliphatic heterocycles. The smallest absolute Gasteiger partial charge is 0.336 e. The van der Waals surface area contributed by atoms with Crippen LogP contribution in [0.1, 0.15) is 26.2 Å². The highest BCUT2D eigenvalue weighted by Crippen LogP contribution is 2.32. The SMILES string of the molecule is COC(=O)C1CN(C2CC(C)CCC2CN)CCO1. The molecule has 0 amide bonds. The van der Waals surface area contributed by atoms with E-state index < -0.39 is 6.10 Å². The van der Waals surface area contributed by atoms with Crippen LogP contribution in [0.4, 0.5) is 0 Å². The minimum atomic E-state index is -0.436. The standard InChI is InChI=1S/C14H26N2O3/c1-10-3-4-11(8-15)12(7-10)16-5-6-19-13(9-16)14(17)18-2/h10-13H,3-9,15H2,1-2H3. The molecule has 0 aromatic rings. The number of carbonyl (C=O) groups excluding carboxylic acids is 1. The summed E-state index contributed by atoms with van der Waals surface area (Å²) in [5.41, 5.74) is 5.92. The van der Waals surface area contributed by atoms with E-state index >= 15 is 0 Å². The van der Waals surface area contributed by atoms with E-state index in [0.717, 1.165) is 19.0 Å². The fourth-order valence-electron chi connectivity index (χ4n) is 3.38. The molecule has 2 rings (SSSR count). The molecule has 4 atom stereocenters. The third kappa shape index (κ3) is 3.46. The van der Waals surface area contributed by atoms with Crippen molar-refractivity contribution in [3.05, 3.63) is 0 Å². The van der Waals surface area contributed by atoms with Gasteiger partial charge < -0.3 is 15.2 Å². The van der Waals surface area contributed by atoms with Crippen LogP contribution in [-0.4, -0.2) is 56.4 Å². The highest BCUT2D eigenvalue weighted by atomic mass is 16.6. The fourth-order valence-corrected chi connectivity index (χ4v) is 3.38. The van der Waals surface area contributed by atoms with Crippen molar-refractivity contribution in [2.75, 3.05) is 33.4 Å². The van der Waals surface area contributed by atoms with Gasteiger partial charge in [-0.2, -0.15) is 0 Å². The molecule has 1 aliphatic carbocycles. The zero-order chi connectivity index (χ0) is 13.8. The Morgan fingerprint density at radius 1 is 1.47 bits per heavy atom. The van der Waals surface area contributed by atoms with Gasteiger partial charge >= 0.3 is 5.97 Å². The van der Waals surface area contributed by atoms with Crippen molar-refractivity contribution in [2.45, 2.75) is 38.3 Å². The lowest BCUT2D eigenvalue weighted by Crippen LogP contribution is -2.55. The summed E-state index contributed by atoms with van der Waals surface area (Å²) < 4.78 is 10.3. The van der Waals surface area contributed by atoms with E-state index in [1.807, 2.05) is 0 Å². The first-order chi connectivity index (χ1) is 9.15. The van der Waals surface area contributed by atoms with Crippen LogP contribution in [0, 0.1) is 11.8 Å². The molecule has 19 heavy (non-hydrogen) atoms. The highest BCUT2D eigenvalue weighted by Gasteiger charge is 2.36. The predicted octanol–water partition coefficient (Wildman–Crippen LogP) is 0.624. The van der Waals surface area contributed by atoms with Crippen molar-refractivity contribution in [3.63, 3.8) is 0 Å². The van der Waals surface area contributed by atoms with Crippen molar-refractivity contribution in [3.8, 4) is 0 Å². The highest BCUT2D eigenvalue weighted by molar-refractivity contribution is 5.74. The maximum atomic E-state index is 11.6. The zero-order valence-corrected chi connectivity index (χ0v) is 12.0. The van der Waals surface area contributed by atoms with E-state index in [1.54, 1.807) is 0 Å². The third-order valence-electron chi connectivity index (χ3n) is 4.55. The number of carbonyl (C=O) groups is 1. The molecule has 1 heterocycles. The van der Waals surface area contributed by atoms with Gasteiger partial charge in [0.25, 0.3) is 0 Å². The van der Waals surface area contributed by atoms with E-state index in [2.05, 4.69) is 11.8 Å². The number of hydrogen-bond donors (Lipinski definition) is 1. The van der Waals surface area contributed by atoms with Crippen LogP contribution >= 0.6 is 0 Å². The number of hydrogen-bond acceptors (Lipinski definition) is 5. The van der Waals surface area contributed by atoms with Crippen LogP contribution in [0.25, 0.3) is 0 Å². The summed E-state index contributed by atoms with van der Waals surface area (Å²) in [4.78, 5) is 14.0. The van der Waals surface area contributed by atoms with Crippen LogP contribution in [0.3, 0.4) is 0 Å². The van der Waals surface area contributed by atoms with E-state index in [4.69, 9.17) is 15.2 Å². The third-order valence-corrected chi connectivity index (χ3v) is 4.55. The molecule has 0 aromatic heterocycles. The van der Waals surface area contributed by atoms with Gasteiger partial charge in [-0.3, -0.25) is 4.90 Å². The lowest BCUT2D eigenvalue weighted by atomic mass is 9.78. The summed E-state index contributed by atoms with van der Waals surface area (Å²) in [6, 6.07) is 0.491.